The summed E-state index contributed by atoms with van der Waals surface area (Å²) in [7, 11) is 0. The lowest BCUT2D eigenvalue weighted by Crippen LogP contribution is -2.31. The number of piperidine rings is 1. The topological polar surface area (TPSA) is 67.2 Å². The minimum absolute atomic E-state index is 0.101. The predicted octanol–water partition coefficient (Wildman–Crippen LogP) is 3.46. The number of amides is 1. The molecule has 0 atom stereocenters. The van der Waals surface area contributed by atoms with Crippen molar-refractivity contribution in [1.82, 2.24) is 20.0 Å². The number of rotatable bonds is 6. The molecule has 3 aromatic rings. The Balaban J connectivity index is 1.41. The van der Waals surface area contributed by atoms with E-state index < -0.39 is 5.91 Å². The highest BCUT2D eigenvalue weighted by Crippen LogP contribution is 2.14. The van der Waals surface area contributed by atoms with Crippen LogP contribution in [0, 0.1) is 6.92 Å². The Morgan fingerprint density at radius 1 is 0.968 bits per heavy atom. The van der Waals surface area contributed by atoms with Crippen LogP contribution in [-0.2, 0) is 13.1 Å². The van der Waals surface area contributed by atoms with E-state index in [4.69, 9.17) is 0 Å². The Morgan fingerprint density at radius 2 is 1.65 bits per heavy atom. The Kier molecular flexibility index (Phi) is 6.57. The first-order valence-corrected chi connectivity index (χ1v) is 10.8. The predicted molar refractivity (Wildman–Crippen MR) is 121 cm³/mol. The smallest absolute Gasteiger partial charge is 0.276 e. The summed E-state index contributed by atoms with van der Waals surface area (Å²) in [5, 5.41) is 7.15. The molecular weight excluding hydrogens is 388 g/mol. The highest BCUT2D eigenvalue weighted by atomic mass is 16.2. The van der Waals surface area contributed by atoms with Gasteiger partial charge in [0.2, 0.25) is 5.43 Å². The molecule has 1 aliphatic heterocycles. The van der Waals surface area contributed by atoms with Crippen molar-refractivity contribution in [3.63, 3.8) is 0 Å². The summed E-state index contributed by atoms with van der Waals surface area (Å²) in [6, 6.07) is 19.2. The van der Waals surface area contributed by atoms with Crippen molar-refractivity contribution < 1.29 is 4.79 Å². The van der Waals surface area contributed by atoms with Crippen LogP contribution in [0.5, 0.6) is 0 Å². The number of aryl methyl sites for hydroxylation is 1. The molecule has 160 valence electrons. The van der Waals surface area contributed by atoms with Gasteiger partial charge in [0.1, 0.15) is 0 Å². The molecule has 1 aromatic heterocycles. The summed E-state index contributed by atoms with van der Waals surface area (Å²) in [6.07, 6.45) is 3.90. The fourth-order valence-electron chi connectivity index (χ4n) is 3.94. The van der Waals surface area contributed by atoms with Crippen LogP contribution >= 0.6 is 0 Å². The molecule has 2 aromatic carbocycles. The minimum atomic E-state index is -0.466. The first-order valence-electron chi connectivity index (χ1n) is 10.8. The molecule has 1 N–H and O–H groups in total. The number of nitrogens with one attached hydrogen (secondary N) is 1. The van der Waals surface area contributed by atoms with Crippen molar-refractivity contribution in [2.45, 2.75) is 39.3 Å². The monoisotopic (exact) mass is 416 g/mol. The number of carbonyl (C=O) groups is 1. The van der Waals surface area contributed by atoms with Crippen molar-refractivity contribution in [3.8, 4) is 5.69 Å². The molecule has 0 bridgehead atoms. The molecule has 6 heteroatoms. The van der Waals surface area contributed by atoms with E-state index in [1.165, 1.54) is 44.0 Å². The number of para-hydroxylation sites is 1. The van der Waals surface area contributed by atoms with Gasteiger partial charge in [-0.2, -0.15) is 5.10 Å². The fourth-order valence-corrected chi connectivity index (χ4v) is 3.94. The van der Waals surface area contributed by atoms with Crippen LogP contribution in [0.15, 0.2) is 65.5 Å². The van der Waals surface area contributed by atoms with Gasteiger partial charge < -0.3 is 5.32 Å². The van der Waals surface area contributed by atoms with Crippen LogP contribution in [0.4, 0.5) is 0 Å². The lowest BCUT2D eigenvalue weighted by molar-refractivity contribution is 0.0943. The lowest BCUT2D eigenvalue weighted by Gasteiger charge is -2.26. The van der Waals surface area contributed by atoms with Gasteiger partial charge in [-0.05, 0) is 56.1 Å². The van der Waals surface area contributed by atoms with Gasteiger partial charge in [0.25, 0.3) is 5.91 Å². The largest absolute Gasteiger partial charge is 0.346 e. The number of likely N-dealkylation sites (tertiary alicyclic amines) is 1. The van der Waals surface area contributed by atoms with Crippen LogP contribution in [0.2, 0.25) is 0 Å². The standard InChI is InChI=1S/C25H28N4O2/c1-19-16-23(30)24(27-29(19)22-8-4-2-5-9-22)25(31)26-17-20-10-12-21(13-11-20)18-28-14-6-3-7-15-28/h2,4-5,8-13,16H,3,6-7,14-15,17-18H2,1H3,(H,26,31). The number of nitrogens with zero attached hydrogens (tertiary/aromatic N) is 3. The van der Waals surface area contributed by atoms with E-state index in [0.717, 1.165) is 17.8 Å². The van der Waals surface area contributed by atoms with Crippen molar-refractivity contribution >= 4 is 5.91 Å². The molecule has 0 radical (unpaired) electrons. The van der Waals surface area contributed by atoms with Crippen LogP contribution in [0.25, 0.3) is 5.69 Å². The molecule has 4 rings (SSSR count). The maximum Gasteiger partial charge on any atom is 0.276 e. The van der Waals surface area contributed by atoms with Gasteiger partial charge in [0, 0.05) is 24.8 Å². The third-order valence-corrected chi connectivity index (χ3v) is 5.65. The summed E-state index contributed by atoms with van der Waals surface area (Å²) >= 11 is 0. The molecule has 1 amide bonds. The summed E-state index contributed by atoms with van der Waals surface area (Å²) in [5.41, 5.74) is 3.28. The summed E-state index contributed by atoms with van der Waals surface area (Å²) in [5.74, 6) is -0.466. The first-order chi connectivity index (χ1) is 15.1. The van der Waals surface area contributed by atoms with Crippen LogP contribution in [-0.4, -0.2) is 33.7 Å². The maximum atomic E-state index is 12.7. The van der Waals surface area contributed by atoms with Crippen LogP contribution in [0.1, 0.15) is 46.6 Å². The highest BCUT2D eigenvalue weighted by Gasteiger charge is 2.15. The van der Waals surface area contributed by atoms with Crippen molar-refractivity contribution in [2.75, 3.05) is 13.1 Å². The van der Waals surface area contributed by atoms with Gasteiger partial charge in [-0.15, -0.1) is 0 Å². The molecule has 0 unspecified atom stereocenters. The van der Waals surface area contributed by atoms with Crippen molar-refractivity contribution in [3.05, 3.63) is 93.4 Å². The average Bonchev–Trinajstić information content (AvgIpc) is 2.80. The first kappa shape index (κ1) is 21.0. The van der Waals surface area contributed by atoms with E-state index in [1.54, 1.807) is 11.6 Å². The molecule has 1 saturated heterocycles. The number of aromatic nitrogens is 2. The second kappa shape index (κ2) is 9.71. The molecule has 0 saturated carbocycles. The molecule has 0 aliphatic carbocycles. The quantitative estimate of drug-likeness (QED) is 0.668. The minimum Gasteiger partial charge on any atom is -0.346 e. The fraction of sp³-hybridized carbons (Fsp3) is 0.320. The van der Waals surface area contributed by atoms with Gasteiger partial charge in [-0.25, -0.2) is 4.68 Å². The normalized spacial score (nSPS) is 14.4. The second-order valence-electron chi connectivity index (χ2n) is 8.08. The Morgan fingerprint density at radius 3 is 2.35 bits per heavy atom. The molecule has 1 aliphatic rings. The maximum absolute atomic E-state index is 12.7. The van der Waals surface area contributed by atoms with Crippen molar-refractivity contribution in [1.29, 1.82) is 0 Å². The Bertz CT molecular complexity index is 1080. The van der Waals surface area contributed by atoms with E-state index in [0.29, 0.717) is 12.2 Å². The van der Waals surface area contributed by atoms with Crippen LogP contribution < -0.4 is 10.7 Å². The molecule has 1 fully saturated rings. The number of hydrogen-bond acceptors (Lipinski definition) is 4. The molecule has 31 heavy (non-hydrogen) atoms. The van der Waals surface area contributed by atoms with Gasteiger partial charge in [0.05, 0.1) is 5.69 Å². The van der Waals surface area contributed by atoms with Crippen LogP contribution in [0.3, 0.4) is 0 Å². The Hall–Kier alpha value is -3.25. The van der Waals surface area contributed by atoms with E-state index >= 15 is 0 Å². The van der Waals surface area contributed by atoms with E-state index in [2.05, 4.69) is 27.4 Å². The van der Waals surface area contributed by atoms with Gasteiger partial charge in [0.15, 0.2) is 5.69 Å². The van der Waals surface area contributed by atoms with E-state index in [9.17, 15) is 9.59 Å². The number of benzene rings is 2. The summed E-state index contributed by atoms with van der Waals surface area (Å²) in [6.45, 7) is 5.46. The molecular formula is C25H28N4O2. The van der Waals surface area contributed by atoms with E-state index in [-0.39, 0.29) is 11.1 Å². The molecule has 0 spiro atoms. The third kappa shape index (κ3) is 5.27. The zero-order chi connectivity index (χ0) is 21.6. The lowest BCUT2D eigenvalue weighted by atomic mass is 10.1. The van der Waals surface area contributed by atoms with Gasteiger partial charge in [-0.1, -0.05) is 48.9 Å². The average molecular weight is 417 g/mol. The SMILES string of the molecule is Cc1cc(=O)c(C(=O)NCc2ccc(CN3CCCCC3)cc2)nn1-c1ccccc1. The number of hydrogen-bond donors (Lipinski definition) is 1. The third-order valence-electron chi connectivity index (χ3n) is 5.65. The molecule has 6 nitrogen and oxygen atoms in total. The molecule has 2 heterocycles. The van der Waals surface area contributed by atoms with Gasteiger partial charge in [-0.3, -0.25) is 14.5 Å². The van der Waals surface area contributed by atoms with Gasteiger partial charge >= 0.3 is 0 Å². The highest BCUT2D eigenvalue weighted by molar-refractivity contribution is 5.92. The zero-order valence-corrected chi connectivity index (χ0v) is 17.9. The second-order valence-corrected chi connectivity index (χ2v) is 8.08. The number of carbonyl (C=O) groups excluding carboxylic acids is 1. The zero-order valence-electron chi connectivity index (χ0n) is 17.9. The van der Waals surface area contributed by atoms with E-state index in [1.807, 2.05) is 42.5 Å². The Labute approximate surface area is 182 Å². The van der Waals surface area contributed by atoms with Crippen molar-refractivity contribution in [2.24, 2.45) is 0 Å². The summed E-state index contributed by atoms with van der Waals surface area (Å²) < 4.78 is 1.62. The summed E-state index contributed by atoms with van der Waals surface area (Å²) in [4.78, 5) is 27.5.